The minimum atomic E-state index is 0.00220. The number of carbonyl (C=O) groups is 1. The zero-order chi connectivity index (χ0) is 27.2. The van der Waals surface area contributed by atoms with Gasteiger partial charge >= 0.3 is 0 Å². The zero-order valence-corrected chi connectivity index (χ0v) is 23.7. The van der Waals surface area contributed by atoms with E-state index in [1.165, 1.54) is 11.1 Å². The maximum absolute atomic E-state index is 12.9. The number of benzene rings is 2. The predicted molar refractivity (Wildman–Crippen MR) is 155 cm³/mol. The third kappa shape index (κ3) is 6.38. The van der Waals surface area contributed by atoms with Crippen LogP contribution in [0.1, 0.15) is 80.8 Å². The molecule has 1 fully saturated rings. The topological polar surface area (TPSA) is 79.4 Å². The van der Waals surface area contributed by atoms with Gasteiger partial charge in [0.2, 0.25) is 5.95 Å². The summed E-state index contributed by atoms with van der Waals surface area (Å²) in [4.78, 5) is 23.8. The first kappa shape index (κ1) is 27.7. The van der Waals surface area contributed by atoms with Crippen molar-refractivity contribution in [2.24, 2.45) is 0 Å². The Hall–Kier alpha value is -3.32. The molecule has 8 heteroatoms. The summed E-state index contributed by atoms with van der Waals surface area (Å²) in [5, 5.41) is 6.95. The second-order valence-corrected chi connectivity index (χ2v) is 10.5. The van der Waals surface area contributed by atoms with E-state index in [-0.39, 0.29) is 12.0 Å². The molecule has 0 bridgehead atoms. The number of likely N-dealkylation sites (tertiary alicyclic amines) is 1. The number of aromatic nitrogens is 2. The van der Waals surface area contributed by atoms with E-state index in [1.54, 1.807) is 6.20 Å². The lowest BCUT2D eigenvalue weighted by Crippen LogP contribution is -2.42. The van der Waals surface area contributed by atoms with Gasteiger partial charge in [0, 0.05) is 13.1 Å². The average molecular weight is 536 g/mol. The molecule has 4 rings (SSSR count). The van der Waals surface area contributed by atoms with Crippen LogP contribution in [0.15, 0.2) is 42.6 Å². The highest BCUT2D eigenvalue weighted by Gasteiger charge is 2.24. The normalized spacial score (nSPS) is 13.7. The Morgan fingerprint density at radius 2 is 1.89 bits per heavy atom. The minimum Gasteiger partial charge on any atom is -0.489 e. The fourth-order valence-corrected chi connectivity index (χ4v) is 4.89. The van der Waals surface area contributed by atoms with E-state index < -0.39 is 0 Å². The number of hydrogen-bond acceptors (Lipinski definition) is 6. The molecule has 0 spiro atoms. The molecule has 2 heterocycles. The lowest BCUT2D eigenvalue weighted by atomic mass is 9.88. The van der Waals surface area contributed by atoms with Crippen molar-refractivity contribution in [1.29, 1.82) is 0 Å². The zero-order valence-electron chi connectivity index (χ0n) is 23.0. The molecule has 0 saturated carbocycles. The molecular weight excluding hydrogens is 498 g/mol. The Kier molecular flexibility index (Phi) is 9.10. The van der Waals surface area contributed by atoms with E-state index in [0.29, 0.717) is 34.0 Å². The van der Waals surface area contributed by atoms with Crippen LogP contribution >= 0.6 is 11.6 Å². The van der Waals surface area contributed by atoms with E-state index in [1.807, 2.05) is 43.0 Å². The van der Waals surface area contributed by atoms with Gasteiger partial charge in [-0.2, -0.15) is 4.98 Å². The summed E-state index contributed by atoms with van der Waals surface area (Å²) in [6.07, 6.45) is 5.97. The number of aryl methyl sites for hydroxylation is 1. The summed E-state index contributed by atoms with van der Waals surface area (Å²) in [6, 6.07) is 11.7. The van der Waals surface area contributed by atoms with E-state index in [0.717, 1.165) is 50.2 Å². The molecule has 2 N–H and O–H groups in total. The van der Waals surface area contributed by atoms with Crippen molar-refractivity contribution in [2.75, 3.05) is 23.7 Å². The van der Waals surface area contributed by atoms with Gasteiger partial charge in [0.15, 0.2) is 5.82 Å². The molecule has 1 amide bonds. The number of halogens is 1. The standard InChI is InChI=1S/C30H38ClN5O2/c1-6-11-21(7-2)23-17-27(38-19(3)4)26(16-20(23)5)34-30-32-18-24(31)28(35-30)33-25-13-9-8-12-22(25)29(37)36-14-10-15-36/h8-9,12-13,16-19,21H,6-7,10-11,14-15H2,1-5H3,(H2,32,33,34,35). The maximum atomic E-state index is 12.9. The number of ether oxygens (including phenoxy) is 1. The first-order chi connectivity index (χ1) is 18.3. The molecule has 1 aromatic heterocycles. The van der Waals surface area contributed by atoms with Crippen LogP contribution in [0.2, 0.25) is 5.02 Å². The number of hydrogen-bond donors (Lipinski definition) is 2. The average Bonchev–Trinajstić information content (AvgIpc) is 2.85. The fraction of sp³-hybridized carbons (Fsp3) is 0.433. The Balaban J connectivity index is 1.63. The Morgan fingerprint density at radius 1 is 1.13 bits per heavy atom. The molecular formula is C30H38ClN5O2. The van der Waals surface area contributed by atoms with E-state index in [9.17, 15) is 4.79 Å². The largest absolute Gasteiger partial charge is 0.489 e. The van der Waals surface area contributed by atoms with Gasteiger partial charge in [-0.3, -0.25) is 4.79 Å². The van der Waals surface area contributed by atoms with Crippen molar-refractivity contribution in [3.63, 3.8) is 0 Å². The van der Waals surface area contributed by atoms with Crippen LogP contribution in [-0.2, 0) is 0 Å². The molecule has 2 aromatic carbocycles. The fourth-order valence-electron chi connectivity index (χ4n) is 4.75. The van der Waals surface area contributed by atoms with Gasteiger partial charge < -0.3 is 20.3 Å². The summed E-state index contributed by atoms with van der Waals surface area (Å²) in [5.74, 6) is 2.06. The van der Waals surface area contributed by atoms with Crippen LogP contribution in [0.5, 0.6) is 5.75 Å². The molecule has 0 aliphatic carbocycles. The molecule has 1 saturated heterocycles. The van der Waals surface area contributed by atoms with E-state index in [4.69, 9.17) is 16.3 Å². The minimum absolute atomic E-state index is 0.00220. The van der Waals surface area contributed by atoms with Gasteiger partial charge in [0.05, 0.1) is 29.2 Å². The molecule has 3 aromatic rings. The third-order valence-corrected chi connectivity index (χ3v) is 7.12. The molecule has 38 heavy (non-hydrogen) atoms. The molecule has 1 aliphatic heterocycles. The first-order valence-electron chi connectivity index (χ1n) is 13.6. The highest BCUT2D eigenvalue weighted by molar-refractivity contribution is 6.33. The summed E-state index contributed by atoms with van der Waals surface area (Å²) >= 11 is 6.47. The van der Waals surface area contributed by atoms with Crippen LogP contribution < -0.4 is 15.4 Å². The van der Waals surface area contributed by atoms with Crippen LogP contribution in [0, 0.1) is 6.92 Å². The van der Waals surface area contributed by atoms with Gasteiger partial charge in [-0.1, -0.05) is 44.0 Å². The van der Waals surface area contributed by atoms with Crippen LogP contribution in [0.4, 0.5) is 23.1 Å². The summed E-state index contributed by atoms with van der Waals surface area (Å²) in [7, 11) is 0. The molecule has 1 atom stereocenters. The van der Waals surface area contributed by atoms with Crippen molar-refractivity contribution in [1.82, 2.24) is 14.9 Å². The third-order valence-electron chi connectivity index (χ3n) is 6.85. The monoisotopic (exact) mass is 535 g/mol. The Labute approximate surface area is 231 Å². The van der Waals surface area contributed by atoms with Gasteiger partial charge in [-0.15, -0.1) is 0 Å². The Morgan fingerprint density at radius 3 is 2.55 bits per heavy atom. The van der Waals surface area contributed by atoms with Crippen LogP contribution in [-0.4, -0.2) is 40.0 Å². The van der Waals surface area contributed by atoms with Crippen molar-refractivity contribution in [2.45, 2.75) is 72.3 Å². The van der Waals surface area contributed by atoms with Crippen molar-refractivity contribution in [3.8, 4) is 5.75 Å². The van der Waals surface area contributed by atoms with Gasteiger partial charge in [-0.25, -0.2) is 4.98 Å². The second-order valence-electron chi connectivity index (χ2n) is 10.1. The van der Waals surface area contributed by atoms with Gasteiger partial charge in [0.1, 0.15) is 10.8 Å². The Bertz CT molecular complexity index is 1280. The van der Waals surface area contributed by atoms with E-state index >= 15 is 0 Å². The number of para-hydroxylation sites is 1. The number of nitrogens with zero attached hydrogens (tertiary/aromatic N) is 3. The SMILES string of the molecule is CCCC(CC)c1cc(OC(C)C)c(Nc2ncc(Cl)c(Nc3ccccc3C(=O)N3CCC3)n2)cc1C. The smallest absolute Gasteiger partial charge is 0.255 e. The van der Waals surface area contributed by atoms with Crippen molar-refractivity contribution < 1.29 is 9.53 Å². The molecule has 1 unspecified atom stereocenters. The summed E-state index contributed by atoms with van der Waals surface area (Å²) in [6.45, 7) is 12.2. The predicted octanol–water partition coefficient (Wildman–Crippen LogP) is 7.85. The van der Waals surface area contributed by atoms with Crippen LogP contribution in [0.3, 0.4) is 0 Å². The lowest BCUT2D eigenvalue weighted by molar-refractivity contribution is 0.0653. The van der Waals surface area contributed by atoms with E-state index in [2.05, 4.69) is 53.5 Å². The number of anilines is 4. The molecule has 0 radical (unpaired) electrons. The molecule has 7 nitrogen and oxygen atoms in total. The molecule has 1 aliphatic rings. The molecule has 202 valence electrons. The first-order valence-corrected chi connectivity index (χ1v) is 13.9. The summed E-state index contributed by atoms with van der Waals surface area (Å²) < 4.78 is 6.21. The van der Waals surface area contributed by atoms with Crippen molar-refractivity contribution in [3.05, 3.63) is 64.3 Å². The second kappa shape index (κ2) is 12.5. The maximum Gasteiger partial charge on any atom is 0.255 e. The number of nitrogens with one attached hydrogen (secondary N) is 2. The van der Waals surface area contributed by atoms with Gasteiger partial charge in [0.25, 0.3) is 5.91 Å². The number of rotatable bonds is 11. The quantitative estimate of drug-likeness (QED) is 0.260. The number of amides is 1. The highest BCUT2D eigenvalue weighted by Crippen LogP contribution is 2.37. The van der Waals surface area contributed by atoms with Gasteiger partial charge in [-0.05, 0) is 81.3 Å². The summed E-state index contributed by atoms with van der Waals surface area (Å²) in [5.41, 5.74) is 4.57. The van der Waals surface area contributed by atoms with Crippen molar-refractivity contribution >= 4 is 40.6 Å². The van der Waals surface area contributed by atoms with Crippen LogP contribution in [0.25, 0.3) is 0 Å². The highest BCUT2D eigenvalue weighted by atomic mass is 35.5. The number of carbonyl (C=O) groups excluding carboxylic acids is 1. The lowest BCUT2D eigenvalue weighted by Gasteiger charge is -2.31.